The van der Waals surface area contributed by atoms with Crippen LogP contribution in [0.2, 0.25) is 0 Å². The van der Waals surface area contributed by atoms with Crippen LogP contribution in [0.4, 0.5) is 0 Å². The Morgan fingerprint density at radius 1 is 1.37 bits per heavy atom. The van der Waals surface area contributed by atoms with E-state index in [1.807, 2.05) is 6.92 Å². The minimum absolute atomic E-state index is 0.0132. The number of nitrogens with one attached hydrogen (secondary N) is 2. The van der Waals surface area contributed by atoms with Crippen molar-refractivity contribution >= 4 is 48.9 Å². The fourth-order valence-electron chi connectivity index (χ4n) is 3.07. The third-order valence-corrected chi connectivity index (χ3v) is 11.6. The summed E-state index contributed by atoms with van der Waals surface area (Å²) in [5.74, 6) is -0.0132. The van der Waals surface area contributed by atoms with Gasteiger partial charge in [-0.15, -0.1) is 0 Å². The molecule has 0 spiro atoms. The summed E-state index contributed by atoms with van der Waals surface area (Å²) in [5.41, 5.74) is -0.171. The molecule has 2 saturated heterocycles. The fraction of sp³-hybridized carbons (Fsp3) is 0.923. The molecule has 1 saturated carbocycles. The molecule has 3 rings (SSSR count). The second-order valence-corrected chi connectivity index (χ2v) is 12.5. The van der Waals surface area contributed by atoms with E-state index in [0.717, 1.165) is 25.7 Å². The molecule has 3 fully saturated rings. The summed E-state index contributed by atoms with van der Waals surface area (Å²) in [4.78, 5) is 12.6. The van der Waals surface area contributed by atoms with Crippen molar-refractivity contribution in [2.45, 2.75) is 71.5 Å². The van der Waals surface area contributed by atoms with Crippen LogP contribution in [-0.4, -0.2) is 18.7 Å². The molecule has 110 valence electrons. The van der Waals surface area contributed by atoms with Gasteiger partial charge in [-0.05, 0) is 0 Å². The average molecular weight is 492 g/mol. The number of carbonyl (C=O) groups is 1. The monoisotopic (exact) mass is 492 g/mol. The first-order chi connectivity index (χ1) is 8.96. The van der Waals surface area contributed by atoms with Gasteiger partial charge in [0.05, 0.1) is 0 Å². The molecule has 19 heavy (non-hydrogen) atoms. The number of hydrogen-bond donors (Lipinski definition) is 2. The van der Waals surface area contributed by atoms with Gasteiger partial charge < -0.3 is 0 Å². The second-order valence-electron chi connectivity index (χ2n) is 6.02. The van der Waals surface area contributed by atoms with Crippen LogP contribution in [0, 0.1) is 0 Å². The van der Waals surface area contributed by atoms with E-state index < -0.39 is 23.8 Å². The molecule has 0 bridgehead atoms. The van der Waals surface area contributed by atoms with E-state index in [9.17, 15) is 4.79 Å². The van der Waals surface area contributed by atoms with E-state index in [4.69, 9.17) is 4.74 Å². The molecule has 0 aromatic rings. The Kier molecular flexibility index (Phi) is 3.85. The Morgan fingerprint density at radius 2 is 1.95 bits per heavy atom. The first kappa shape index (κ1) is 14.8. The van der Waals surface area contributed by atoms with E-state index >= 15 is 0 Å². The van der Waals surface area contributed by atoms with Gasteiger partial charge in [-0.3, -0.25) is 0 Å². The number of hydrogen-bond acceptors (Lipinski definition) is 4. The summed E-state index contributed by atoms with van der Waals surface area (Å²) in [5, 5.41) is 0. The van der Waals surface area contributed by atoms with E-state index in [2.05, 4.69) is 36.6 Å². The molecule has 0 aromatic heterocycles. The van der Waals surface area contributed by atoms with Gasteiger partial charge in [-0.2, -0.15) is 0 Å². The molecule has 1 atom stereocenters. The van der Waals surface area contributed by atoms with Crippen LogP contribution in [0.15, 0.2) is 0 Å². The number of alkyl halides is 2. The predicted octanol–water partition coefficient (Wildman–Crippen LogP) is 3.42. The summed E-state index contributed by atoms with van der Waals surface area (Å²) in [7, 11) is 0. The number of rotatable bonds is 5. The van der Waals surface area contributed by atoms with Crippen LogP contribution in [0.5, 0.6) is 0 Å². The zero-order valence-electron chi connectivity index (χ0n) is 11.5. The summed E-state index contributed by atoms with van der Waals surface area (Å²) in [6, 6.07) is 0. The summed E-state index contributed by atoms with van der Waals surface area (Å²) in [6.07, 6.45) is 7.89. The maximum atomic E-state index is 12.6. The first-order valence-electron chi connectivity index (χ1n) is 7.14. The SMILES string of the molecule is CCCC1(OC(=O)C(C)(I)C23NI2N3)CCCCC1. The van der Waals surface area contributed by atoms with Crippen LogP contribution in [-0.2, 0) is 9.53 Å². The van der Waals surface area contributed by atoms with Crippen molar-refractivity contribution in [3.63, 3.8) is 0 Å². The standard InChI is InChI=1S/C13H22I2N2O2/c1-3-7-12(8-5-4-6-9-12)19-10(18)11(2,14)13-15(16-13)17-13/h16-17H,3-9H2,1-2H3. The Bertz CT molecular complexity index is 383. The Labute approximate surface area is 136 Å². The van der Waals surface area contributed by atoms with Crippen molar-refractivity contribution in [1.29, 1.82) is 0 Å². The van der Waals surface area contributed by atoms with Gasteiger partial charge in [0, 0.05) is 0 Å². The maximum absolute atomic E-state index is 12.6. The average Bonchev–Trinajstić information content (AvgIpc) is 3.18. The Balaban J connectivity index is 1.69. The molecule has 4 nitrogen and oxygen atoms in total. The number of fused-ring (bicyclic) bond motifs is 1. The van der Waals surface area contributed by atoms with Crippen LogP contribution in [0.1, 0.15) is 58.8 Å². The predicted molar refractivity (Wildman–Crippen MR) is 92.3 cm³/mol. The van der Waals surface area contributed by atoms with Gasteiger partial charge in [0.25, 0.3) is 0 Å². The fourth-order valence-corrected chi connectivity index (χ4v) is 10.8. The molecule has 0 amide bonds. The molecule has 2 N–H and O–H groups in total. The Hall–Kier alpha value is 0.850. The van der Waals surface area contributed by atoms with E-state index in [1.165, 1.54) is 19.3 Å². The van der Waals surface area contributed by atoms with Crippen molar-refractivity contribution in [1.82, 2.24) is 7.06 Å². The van der Waals surface area contributed by atoms with Crippen molar-refractivity contribution in [2.75, 3.05) is 0 Å². The molecule has 6 heteroatoms. The van der Waals surface area contributed by atoms with Gasteiger partial charge in [0.2, 0.25) is 0 Å². The topological polar surface area (TPSA) is 70.2 Å². The Morgan fingerprint density at radius 3 is 2.42 bits per heavy atom. The first-order valence-corrected chi connectivity index (χ1v) is 11.5. The minimum atomic E-state index is -1.11. The molecular weight excluding hydrogens is 470 g/mol. The molecular formula is C13H22I2N2O2. The van der Waals surface area contributed by atoms with Crippen molar-refractivity contribution in [3.8, 4) is 0 Å². The zero-order chi connectivity index (χ0) is 13.7. The van der Waals surface area contributed by atoms with Gasteiger partial charge in [-0.25, -0.2) is 0 Å². The normalized spacial score (nSPS) is 31.0. The molecule has 1 aliphatic carbocycles. The third kappa shape index (κ3) is 2.44. The van der Waals surface area contributed by atoms with Gasteiger partial charge in [0.1, 0.15) is 0 Å². The summed E-state index contributed by atoms with van der Waals surface area (Å²) >= 11 is 1.18. The zero-order valence-corrected chi connectivity index (χ0v) is 15.8. The third-order valence-electron chi connectivity index (χ3n) is 4.47. The number of carbonyl (C=O) groups excluding carboxylic acids is 1. The second kappa shape index (κ2) is 4.95. The summed E-state index contributed by atoms with van der Waals surface area (Å²) in [6.45, 7) is 4.20. The molecule has 2 heterocycles. The van der Waals surface area contributed by atoms with Crippen molar-refractivity contribution in [2.24, 2.45) is 0 Å². The van der Waals surface area contributed by atoms with E-state index in [1.54, 1.807) is 0 Å². The molecule has 0 aromatic carbocycles. The van der Waals surface area contributed by atoms with E-state index in [0.29, 0.717) is 0 Å². The van der Waals surface area contributed by atoms with Gasteiger partial charge >= 0.3 is 137 Å². The molecule has 0 radical (unpaired) electrons. The quantitative estimate of drug-likeness (QED) is 0.154. The van der Waals surface area contributed by atoms with Crippen molar-refractivity contribution in [3.05, 3.63) is 0 Å². The van der Waals surface area contributed by atoms with Gasteiger partial charge in [-0.1, -0.05) is 0 Å². The van der Waals surface area contributed by atoms with Gasteiger partial charge in [0.15, 0.2) is 0 Å². The van der Waals surface area contributed by atoms with Crippen molar-refractivity contribution < 1.29 is 9.53 Å². The van der Waals surface area contributed by atoms with Crippen LogP contribution in [0.3, 0.4) is 0 Å². The van der Waals surface area contributed by atoms with Crippen LogP contribution >= 0.6 is 43.0 Å². The molecule has 3 aliphatic rings. The number of halogens is 2. The number of esters is 1. The summed E-state index contributed by atoms with van der Waals surface area (Å²) < 4.78 is 12.5. The molecule has 2 aliphatic heterocycles. The van der Waals surface area contributed by atoms with Crippen LogP contribution in [0.25, 0.3) is 0 Å². The molecule has 1 unspecified atom stereocenters. The number of ether oxygens (including phenoxy) is 1. The van der Waals surface area contributed by atoms with E-state index in [-0.39, 0.29) is 15.2 Å². The van der Waals surface area contributed by atoms with Crippen LogP contribution < -0.4 is 7.06 Å².